The van der Waals surface area contributed by atoms with Gasteiger partial charge in [-0.25, -0.2) is 0 Å². The second-order valence-electron chi connectivity index (χ2n) is 5.58. The van der Waals surface area contributed by atoms with E-state index in [1.165, 1.54) is 0 Å². The van der Waals surface area contributed by atoms with Crippen molar-refractivity contribution in [3.63, 3.8) is 0 Å². The molecular weight excluding hydrogens is 322 g/mol. The third kappa shape index (κ3) is 5.51. The van der Waals surface area contributed by atoms with Gasteiger partial charge in [0.05, 0.1) is 18.1 Å². The highest BCUT2D eigenvalue weighted by atomic mass is 79.9. The molecule has 20 heavy (non-hydrogen) atoms. The summed E-state index contributed by atoms with van der Waals surface area (Å²) in [5, 5.41) is 3.15. The van der Waals surface area contributed by atoms with Gasteiger partial charge in [-0.2, -0.15) is 0 Å². The number of carbonyl (C=O) groups is 1. The lowest BCUT2D eigenvalue weighted by molar-refractivity contribution is -0.153. The summed E-state index contributed by atoms with van der Waals surface area (Å²) in [6.07, 6.45) is 0. The van der Waals surface area contributed by atoms with Gasteiger partial charge in [0.1, 0.15) is 11.4 Å². The van der Waals surface area contributed by atoms with Gasteiger partial charge < -0.3 is 14.8 Å². The molecule has 0 bridgehead atoms. The van der Waals surface area contributed by atoms with Crippen molar-refractivity contribution >= 4 is 21.9 Å². The van der Waals surface area contributed by atoms with Crippen LogP contribution in [0.1, 0.15) is 39.3 Å². The number of carbonyl (C=O) groups excluding carboxylic acids is 1. The summed E-state index contributed by atoms with van der Waals surface area (Å²) in [6, 6.07) is 5.89. The first-order valence-electron chi connectivity index (χ1n) is 6.51. The van der Waals surface area contributed by atoms with Crippen molar-refractivity contribution in [2.75, 3.05) is 13.7 Å². The fourth-order valence-electron chi connectivity index (χ4n) is 1.68. The normalized spacial score (nSPS) is 12.9. The lowest BCUT2D eigenvalue weighted by Crippen LogP contribution is -2.32. The van der Waals surface area contributed by atoms with Crippen LogP contribution < -0.4 is 10.1 Å². The Balaban J connectivity index is 2.57. The average molecular weight is 344 g/mol. The largest absolute Gasteiger partial charge is 0.496 e. The van der Waals surface area contributed by atoms with Crippen LogP contribution in [0, 0.1) is 0 Å². The van der Waals surface area contributed by atoms with Gasteiger partial charge in [0, 0.05) is 6.04 Å². The van der Waals surface area contributed by atoms with Crippen molar-refractivity contribution in [1.29, 1.82) is 0 Å². The van der Waals surface area contributed by atoms with E-state index in [9.17, 15) is 4.79 Å². The fourth-order valence-corrected chi connectivity index (χ4v) is 2.24. The summed E-state index contributed by atoms with van der Waals surface area (Å²) >= 11 is 3.45. The number of benzene rings is 1. The minimum Gasteiger partial charge on any atom is -0.496 e. The Morgan fingerprint density at radius 2 is 2.05 bits per heavy atom. The highest BCUT2D eigenvalue weighted by molar-refractivity contribution is 9.10. The monoisotopic (exact) mass is 343 g/mol. The summed E-state index contributed by atoms with van der Waals surface area (Å²) in [6.45, 7) is 7.75. The molecule has 1 unspecified atom stereocenters. The third-order valence-corrected chi connectivity index (χ3v) is 3.27. The summed E-state index contributed by atoms with van der Waals surface area (Å²) in [5.74, 6) is 0.532. The van der Waals surface area contributed by atoms with Crippen LogP contribution in [0.15, 0.2) is 22.7 Å². The zero-order chi connectivity index (χ0) is 15.3. The van der Waals surface area contributed by atoms with E-state index in [4.69, 9.17) is 9.47 Å². The van der Waals surface area contributed by atoms with Crippen molar-refractivity contribution in [3.05, 3.63) is 28.2 Å². The Morgan fingerprint density at radius 1 is 1.40 bits per heavy atom. The minimum absolute atomic E-state index is 0.0460. The standard InChI is InChI=1S/C15H22BrNO3/c1-10(17-9-14(18)20-15(2,3)4)11-6-7-13(19-5)12(16)8-11/h6-8,10,17H,9H2,1-5H3. The van der Waals surface area contributed by atoms with Crippen LogP contribution in [0.25, 0.3) is 0 Å². The Labute approximate surface area is 129 Å². The van der Waals surface area contributed by atoms with Crippen LogP contribution in [-0.2, 0) is 9.53 Å². The molecular formula is C15H22BrNO3. The zero-order valence-electron chi connectivity index (χ0n) is 12.6. The van der Waals surface area contributed by atoms with Crippen LogP contribution in [-0.4, -0.2) is 25.2 Å². The quantitative estimate of drug-likeness (QED) is 0.831. The number of hydrogen-bond donors (Lipinski definition) is 1. The van der Waals surface area contributed by atoms with E-state index < -0.39 is 5.60 Å². The van der Waals surface area contributed by atoms with Gasteiger partial charge in [0.15, 0.2) is 0 Å². The zero-order valence-corrected chi connectivity index (χ0v) is 14.2. The van der Waals surface area contributed by atoms with Gasteiger partial charge in [0.2, 0.25) is 0 Å². The van der Waals surface area contributed by atoms with Gasteiger partial charge in [-0.15, -0.1) is 0 Å². The van der Waals surface area contributed by atoms with E-state index in [1.807, 2.05) is 45.9 Å². The molecule has 1 aromatic rings. The minimum atomic E-state index is -0.453. The van der Waals surface area contributed by atoms with Crippen LogP contribution in [0.5, 0.6) is 5.75 Å². The van der Waals surface area contributed by atoms with Gasteiger partial charge in [-0.1, -0.05) is 6.07 Å². The van der Waals surface area contributed by atoms with Crippen molar-refractivity contribution in [1.82, 2.24) is 5.32 Å². The van der Waals surface area contributed by atoms with E-state index in [1.54, 1.807) is 7.11 Å². The number of methoxy groups -OCH3 is 1. The predicted octanol–water partition coefficient (Wildman–Crippen LogP) is 3.45. The van der Waals surface area contributed by atoms with Gasteiger partial charge in [-0.3, -0.25) is 4.79 Å². The van der Waals surface area contributed by atoms with Crippen LogP contribution >= 0.6 is 15.9 Å². The maximum atomic E-state index is 11.6. The molecule has 0 amide bonds. The Bertz CT molecular complexity index is 469. The number of hydrogen-bond acceptors (Lipinski definition) is 4. The van der Waals surface area contributed by atoms with Crippen LogP contribution in [0.4, 0.5) is 0 Å². The summed E-state index contributed by atoms with van der Waals surface area (Å²) in [7, 11) is 1.63. The molecule has 1 atom stereocenters. The van der Waals surface area contributed by atoms with Crippen LogP contribution in [0.3, 0.4) is 0 Å². The molecule has 1 aromatic carbocycles. The number of nitrogens with one attached hydrogen (secondary N) is 1. The highest BCUT2D eigenvalue weighted by Crippen LogP contribution is 2.27. The Hall–Kier alpha value is -1.07. The van der Waals surface area contributed by atoms with E-state index in [-0.39, 0.29) is 18.6 Å². The average Bonchev–Trinajstić information content (AvgIpc) is 2.33. The molecule has 0 spiro atoms. The molecule has 1 rings (SSSR count). The van der Waals surface area contributed by atoms with Gasteiger partial charge in [0.25, 0.3) is 0 Å². The number of rotatable bonds is 5. The number of esters is 1. The summed E-state index contributed by atoms with van der Waals surface area (Å²) in [4.78, 5) is 11.6. The Morgan fingerprint density at radius 3 is 2.55 bits per heavy atom. The SMILES string of the molecule is COc1ccc(C(C)NCC(=O)OC(C)(C)C)cc1Br. The first-order valence-corrected chi connectivity index (χ1v) is 7.31. The first-order chi connectivity index (χ1) is 9.23. The molecule has 0 heterocycles. The maximum Gasteiger partial charge on any atom is 0.320 e. The molecule has 0 saturated heterocycles. The molecule has 0 aliphatic rings. The number of ether oxygens (including phenoxy) is 2. The predicted molar refractivity (Wildman–Crippen MR) is 83.0 cm³/mol. The molecule has 1 N–H and O–H groups in total. The fraction of sp³-hybridized carbons (Fsp3) is 0.533. The Kier molecular flexibility index (Phi) is 6.02. The molecule has 0 aromatic heterocycles. The van der Waals surface area contributed by atoms with Gasteiger partial charge >= 0.3 is 5.97 Å². The van der Waals surface area contributed by atoms with Crippen molar-refractivity contribution < 1.29 is 14.3 Å². The van der Waals surface area contributed by atoms with E-state index in [0.29, 0.717) is 0 Å². The van der Waals surface area contributed by atoms with E-state index in [2.05, 4.69) is 21.2 Å². The molecule has 0 aliphatic carbocycles. The molecule has 0 saturated carbocycles. The molecule has 5 heteroatoms. The van der Waals surface area contributed by atoms with E-state index in [0.717, 1.165) is 15.8 Å². The third-order valence-electron chi connectivity index (χ3n) is 2.65. The van der Waals surface area contributed by atoms with Crippen LogP contribution in [0.2, 0.25) is 0 Å². The smallest absolute Gasteiger partial charge is 0.320 e. The lowest BCUT2D eigenvalue weighted by Gasteiger charge is -2.21. The molecule has 112 valence electrons. The first kappa shape index (κ1) is 17.0. The van der Waals surface area contributed by atoms with Crippen molar-refractivity contribution in [2.24, 2.45) is 0 Å². The summed E-state index contributed by atoms with van der Waals surface area (Å²) in [5.41, 5.74) is 0.617. The topological polar surface area (TPSA) is 47.6 Å². The number of halogens is 1. The highest BCUT2D eigenvalue weighted by Gasteiger charge is 2.17. The van der Waals surface area contributed by atoms with Crippen molar-refractivity contribution in [3.8, 4) is 5.75 Å². The molecule has 0 fully saturated rings. The second kappa shape index (κ2) is 7.09. The molecule has 0 aliphatic heterocycles. The lowest BCUT2D eigenvalue weighted by atomic mass is 10.1. The van der Waals surface area contributed by atoms with E-state index >= 15 is 0 Å². The maximum absolute atomic E-state index is 11.6. The second-order valence-corrected chi connectivity index (χ2v) is 6.44. The van der Waals surface area contributed by atoms with Crippen molar-refractivity contribution in [2.45, 2.75) is 39.3 Å². The van der Waals surface area contributed by atoms with Gasteiger partial charge in [-0.05, 0) is 61.3 Å². The molecule has 0 radical (unpaired) electrons. The summed E-state index contributed by atoms with van der Waals surface area (Å²) < 4.78 is 11.3. The molecule has 4 nitrogen and oxygen atoms in total.